The zero-order valence-corrected chi connectivity index (χ0v) is 50.5. The number of phosphoric ester groups is 1. The summed E-state index contributed by atoms with van der Waals surface area (Å²) in [5, 5.41) is 9.84. The zero-order chi connectivity index (χ0) is 56.9. The average Bonchev–Trinajstić information content (AvgIpc) is 3.43. The minimum absolute atomic E-state index is 0.0846. The molecule has 0 spiro atoms. The van der Waals surface area contributed by atoms with Gasteiger partial charge in [-0.05, 0) is 116 Å². The first-order valence-electron chi connectivity index (χ1n) is 31.1. The number of hydrogen-bond donors (Lipinski definition) is 2. The second kappa shape index (κ2) is 59.5. The third-order valence-electron chi connectivity index (χ3n) is 13.0. The molecule has 0 aliphatic heterocycles. The van der Waals surface area contributed by atoms with Crippen LogP contribution >= 0.6 is 7.82 Å². The van der Waals surface area contributed by atoms with Gasteiger partial charge in [0.25, 0.3) is 0 Å². The summed E-state index contributed by atoms with van der Waals surface area (Å²) in [5.74, 6) is -1.55. The van der Waals surface area contributed by atoms with E-state index in [2.05, 4.69) is 106 Å². The minimum atomic E-state index is -4.77. The van der Waals surface area contributed by atoms with Gasteiger partial charge in [-0.1, -0.05) is 227 Å². The van der Waals surface area contributed by atoms with Gasteiger partial charge in [-0.25, -0.2) is 4.57 Å². The lowest BCUT2D eigenvalue weighted by Crippen LogP contribution is -2.30. The fourth-order valence-electron chi connectivity index (χ4n) is 8.24. The van der Waals surface area contributed by atoms with Gasteiger partial charge >= 0.3 is 25.7 Å². The molecule has 0 saturated carbocycles. The molecule has 3 unspecified atom stereocenters. The van der Waals surface area contributed by atoms with Gasteiger partial charge < -0.3 is 24.2 Å². The van der Waals surface area contributed by atoms with Crippen molar-refractivity contribution in [3.63, 3.8) is 0 Å². The molecule has 0 saturated heterocycles. The smallest absolute Gasteiger partial charge is 0.462 e. The SMILES string of the molecule is CC/C=C\C/C=C\C/C=C\C/C=C\C/C=C\CCCC(=O)OC(COC(=O)CCCCCCCCCCC/C=C\C/C=C\CCCCC)COP(=O)(O)OCC(CO)OC(=O)CCCCCCC/C=C\CCCCCCCC. The number of hydrogen-bond acceptors (Lipinski definition) is 10. The van der Waals surface area contributed by atoms with Crippen molar-refractivity contribution in [2.24, 2.45) is 0 Å². The second-order valence-electron chi connectivity index (χ2n) is 20.5. The van der Waals surface area contributed by atoms with Crippen LogP contribution in [0.4, 0.5) is 0 Å². The Balaban J connectivity index is 4.80. The van der Waals surface area contributed by atoms with Gasteiger partial charge in [0.1, 0.15) is 12.7 Å². The van der Waals surface area contributed by atoms with Gasteiger partial charge in [0, 0.05) is 19.3 Å². The lowest BCUT2D eigenvalue weighted by atomic mass is 10.1. The van der Waals surface area contributed by atoms with Crippen LogP contribution < -0.4 is 0 Å². The standard InChI is InChI=1S/C66H113O11P/c1-4-7-10-13-16-19-22-25-28-30-31-33-35-37-40-43-46-49-52-55-64(68)73-59-63(77-66(70)57-54-51-48-45-42-39-36-32-29-26-23-20-17-14-11-8-5-2)61-75-78(71,72)74-60-62(58-67)76-65(69)56-53-50-47-44-41-38-34-27-24-21-18-15-12-9-6-3/h8,11,16-17,19-20,25-29,34,36,39,45,48,62-63,67H,4-7,9-10,12-15,18,21-24,30-33,35,37-38,40-44,46-47,49-61H2,1-3H3,(H,71,72)/b11-8-,19-16-,20-17-,28-25-,29-26-,34-27-,39-36-,48-45-. The van der Waals surface area contributed by atoms with Crippen LogP contribution in [-0.4, -0.2) is 66.5 Å². The minimum Gasteiger partial charge on any atom is -0.462 e. The highest BCUT2D eigenvalue weighted by molar-refractivity contribution is 7.47. The molecule has 2 N–H and O–H groups in total. The Morgan fingerprint density at radius 1 is 0.372 bits per heavy atom. The van der Waals surface area contributed by atoms with Crippen LogP contribution in [0.5, 0.6) is 0 Å². The van der Waals surface area contributed by atoms with Crippen molar-refractivity contribution < 1.29 is 52.2 Å². The van der Waals surface area contributed by atoms with Gasteiger partial charge in [0.05, 0.1) is 19.8 Å². The maximum absolute atomic E-state index is 12.9. The van der Waals surface area contributed by atoms with Crippen LogP contribution in [0.3, 0.4) is 0 Å². The van der Waals surface area contributed by atoms with Gasteiger partial charge in [-0.3, -0.25) is 23.4 Å². The Hall–Kier alpha value is -3.60. The molecule has 448 valence electrons. The van der Waals surface area contributed by atoms with E-state index in [4.69, 9.17) is 23.3 Å². The summed E-state index contributed by atoms with van der Waals surface area (Å²) in [7, 11) is -4.77. The van der Waals surface area contributed by atoms with E-state index in [0.717, 1.165) is 103 Å². The van der Waals surface area contributed by atoms with Gasteiger partial charge in [0.2, 0.25) is 0 Å². The summed E-state index contributed by atoms with van der Waals surface area (Å²) < 4.78 is 39.6. The van der Waals surface area contributed by atoms with Gasteiger partial charge in [-0.15, -0.1) is 0 Å². The number of carbonyl (C=O) groups is 3. The molecule has 0 aliphatic carbocycles. The van der Waals surface area contributed by atoms with Crippen LogP contribution in [0.1, 0.15) is 265 Å². The summed E-state index contributed by atoms with van der Waals surface area (Å²) in [6.45, 7) is 4.44. The summed E-state index contributed by atoms with van der Waals surface area (Å²) in [5.41, 5.74) is 0. The third kappa shape index (κ3) is 57.1. The topological polar surface area (TPSA) is 155 Å². The molecule has 0 rings (SSSR count). The van der Waals surface area contributed by atoms with E-state index in [1.54, 1.807) is 0 Å². The van der Waals surface area contributed by atoms with Gasteiger partial charge in [-0.2, -0.15) is 0 Å². The van der Waals surface area contributed by atoms with Crippen molar-refractivity contribution >= 4 is 25.7 Å². The average molecular weight is 1110 g/mol. The molecule has 11 nitrogen and oxygen atoms in total. The monoisotopic (exact) mass is 1110 g/mol. The van der Waals surface area contributed by atoms with Crippen molar-refractivity contribution in [2.45, 2.75) is 277 Å². The van der Waals surface area contributed by atoms with E-state index >= 15 is 0 Å². The quantitative estimate of drug-likeness (QED) is 0.0197. The van der Waals surface area contributed by atoms with Gasteiger partial charge in [0.15, 0.2) is 6.10 Å². The molecular formula is C66H113O11P. The van der Waals surface area contributed by atoms with Crippen molar-refractivity contribution in [3.05, 3.63) is 97.2 Å². The van der Waals surface area contributed by atoms with Crippen molar-refractivity contribution in [2.75, 3.05) is 26.4 Å². The lowest BCUT2D eigenvalue weighted by molar-refractivity contribution is -0.161. The van der Waals surface area contributed by atoms with E-state index in [9.17, 15) is 28.9 Å². The number of aliphatic hydroxyl groups is 1. The summed E-state index contributed by atoms with van der Waals surface area (Å²) in [6, 6.07) is 0. The molecule has 0 aliphatic rings. The Kier molecular flexibility index (Phi) is 56.8. The highest BCUT2D eigenvalue weighted by Gasteiger charge is 2.28. The number of phosphoric acid groups is 1. The van der Waals surface area contributed by atoms with Crippen molar-refractivity contribution in [1.82, 2.24) is 0 Å². The van der Waals surface area contributed by atoms with E-state index in [1.165, 1.54) is 96.3 Å². The molecule has 0 bridgehead atoms. The first kappa shape index (κ1) is 74.4. The highest BCUT2D eigenvalue weighted by Crippen LogP contribution is 2.43. The van der Waals surface area contributed by atoms with Crippen molar-refractivity contribution in [3.8, 4) is 0 Å². The van der Waals surface area contributed by atoms with Crippen LogP contribution in [-0.2, 0) is 42.2 Å². The number of allylic oxidation sites excluding steroid dienone is 16. The van der Waals surface area contributed by atoms with Crippen LogP contribution in [0.25, 0.3) is 0 Å². The first-order valence-corrected chi connectivity index (χ1v) is 32.6. The third-order valence-corrected chi connectivity index (χ3v) is 13.9. The molecule has 0 heterocycles. The first-order chi connectivity index (χ1) is 38.2. The van der Waals surface area contributed by atoms with Crippen LogP contribution in [0.15, 0.2) is 97.2 Å². The molecular weight excluding hydrogens is 1000 g/mol. The highest BCUT2D eigenvalue weighted by atomic mass is 31.2. The van der Waals surface area contributed by atoms with Crippen LogP contribution in [0, 0.1) is 0 Å². The number of unbranched alkanes of at least 4 members (excludes halogenated alkanes) is 24. The van der Waals surface area contributed by atoms with Crippen molar-refractivity contribution in [1.29, 1.82) is 0 Å². The Labute approximate surface area is 476 Å². The normalized spacial score (nSPS) is 14.0. The maximum Gasteiger partial charge on any atom is 0.472 e. The summed E-state index contributed by atoms with van der Waals surface area (Å²) in [4.78, 5) is 48.7. The Bertz CT molecular complexity index is 1680. The molecule has 0 radical (unpaired) electrons. The predicted molar refractivity (Wildman–Crippen MR) is 325 cm³/mol. The molecule has 0 aromatic carbocycles. The number of carbonyl (C=O) groups excluding carboxylic acids is 3. The molecule has 0 aromatic rings. The fourth-order valence-corrected chi connectivity index (χ4v) is 9.02. The molecule has 0 fully saturated rings. The van der Waals surface area contributed by atoms with E-state index in [-0.39, 0.29) is 25.9 Å². The molecule has 3 atom stereocenters. The zero-order valence-electron chi connectivity index (χ0n) is 49.6. The lowest BCUT2D eigenvalue weighted by Gasteiger charge is -2.21. The molecule has 0 aromatic heterocycles. The number of esters is 3. The Morgan fingerprint density at radius 3 is 1.12 bits per heavy atom. The van der Waals surface area contributed by atoms with E-state index < -0.39 is 57.8 Å². The summed E-state index contributed by atoms with van der Waals surface area (Å²) >= 11 is 0. The molecule has 78 heavy (non-hydrogen) atoms. The summed E-state index contributed by atoms with van der Waals surface area (Å²) in [6.07, 6.45) is 70.8. The molecule has 12 heteroatoms. The second-order valence-corrected chi connectivity index (χ2v) is 21.9. The number of aliphatic hydroxyl groups excluding tert-OH is 1. The predicted octanol–water partition coefficient (Wildman–Crippen LogP) is 18.8. The van der Waals surface area contributed by atoms with E-state index in [0.29, 0.717) is 25.7 Å². The molecule has 0 amide bonds. The maximum atomic E-state index is 12.9. The number of ether oxygens (including phenoxy) is 3. The van der Waals surface area contributed by atoms with Crippen LogP contribution in [0.2, 0.25) is 0 Å². The Morgan fingerprint density at radius 2 is 0.679 bits per heavy atom. The largest absolute Gasteiger partial charge is 0.472 e. The number of rotatable bonds is 57. The van der Waals surface area contributed by atoms with E-state index in [1.807, 2.05) is 12.2 Å². The fraction of sp³-hybridized carbons (Fsp3) is 0.712.